The quantitative estimate of drug-likeness (QED) is 0.686. The molecule has 13 heavy (non-hydrogen) atoms. The van der Waals surface area contributed by atoms with Crippen LogP contribution in [0.3, 0.4) is 0 Å². The third kappa shape index (κ3) is 2.06. The van der Waals surface area contributed by atoms with Crippen LogP contribution in [0.1, 0.15) is 22.3 Å². The third-order valence-electron chi connectivity index (χ3n) is 1.98. The highest BCUT2D eigenvalue weighted by Crippen LogP contribution is 2.20. The Labute approximate surface area is 77.2 Å². The van der Waals surface area contributed by atoms with Gasteiger partial charge in [-0.25, -0.2) is 0 Å². The van der Waals surface area contributed by atoms with Crippen LogP contribution in [0.15, 0.2) is 18.2 Å². The van der Waals surface area contributed by atoms with Crippen LogP contribution in [-0.4, -0.2) is 17.4 Å². The highest BCUT2D eigenvalue weighted by atomic mass is 16.3. The smallest absolute Gasteiger partial charge is 0.164 e. The minimum Gasteiger partial charge on any atom is -0.508 e. The lowest BCUT2D eigenvalue weighted by molar-refractivity contribution is 0.0984. The Kier molecular flexibility index (Phi) is 3.03. The summed E-state index contributed by atoms with van der Waals surface area (Å²) in [6, 6.07) is 4.92. The normalized spacial score (nSPS) is 10.0. The highest BCUT2D eigenvalue weighted by Gasteiger charge is 2.09. The van der Waals surface area contributed by atoms with Crippen LogP contribution in [0.2, 0.25) is 0 Å². The lowest BCUT2D eigenvalue weighted by Crippen LogP contribution is -2.09. The second-order valence-electron chi connectivity index (χ2n) is 2.91. The average molecular weight is 179 g/mol. The van der Waals surface area contributed by atoms with Crippen molar-refractivity contribution in [2.75, 3.05) is 6.54 Å². The third-order valence-corrected chi connectivity index (χ3v) is 1.98. The molecule has 0 bridgehead atoms. The summed E-state index contributed by atoms with van der Waals surface area (Å²) < 4.78 is 0. The molecule has 3 heteroatoms. The van der Waals surface area contributed by atoms with E-state index in [-0.39, 0.29) is 11.5 Å². The van der Waals surface area contributed by atoms with Crippen molar-refractivity contribution in [1.82, 2.24) is 0 Å². The first-order chi connectivity index (χ1) is 6.16. The molecular formula is C10H13NO2. The summed E-state index contributed by atoms with van der Waals surface area (Å²) >= 11 is 0. The molecule has 70 valence electrons. The van der Waals surface area contributed by atoms with Crippen molar-refractivity contribution < 1.29 is 9.90 Å². The molecule has 0 amide bonds. The first-order valence-electron chi connectivity index (χ1n) is 4.18. The standard InChI is InChI=1S/C10H13NO2/c1-7-8(10(13)5-6-11)3-2-4-9(7)12/h2-4,12H,5-6,11H2,1H3. The summed E-state index contributed by atoms with van der Waals surface area (Å²) in [5.41, 5.74) is 6.46. The van der Waals surface area contributed by atoms with Gasteiger partial charge < -0.3 is 10.8 Å². The van der Waals surface area contributed by atoms with Gasteiger partial charge in [-0.1, -0.05) is 12.1 Å². The van der Waals surface area contributed by atoms with Crippen molar-refractivity contribution in [3.8, 4) is 5.75 Å². The summed E-state index contributed by atoms with van der Waals surface area (Å²) in [5, 5.41) is 9.33. The summed E-state index contributed by atoms with van der Waals surface area (Å²) in [5.74, 6) is 0.138. The molecule has 0 saturated carbocycles. The number of phenolic OH excluding ortho intramolecular Hbond substituents is 1. The largest absolute Gasteiger partial charge is 0.508 e. The van der Waals surface area contributed by atoms with Crippen molar-refractivity contribution in [3.63, 3.8) is 0 Å². The topological polar surface area (TPSA) is 63.3 Å². The van der Waals surface area contributed by atoms with Gasteiger partial charge in [0.1, 0.15) is 5.75 Å². The molecule has 0 spiro atoms. The minimum absolute atomic E-state index is 0.0177. The monoisotopic (exact) mass is 179 g/mol. The molecule has 0 saturated heterocycles. The number of phenols is 1. The van der Waals surface area contributed by atoms with E-state index in [1.807, 2.05) is 0 Å². The van der Waals surface area contributed by atoms with Gasteiger partial charge in [-0.2, -0.15) is 0 Å². The van der Waals surface area contributed by atoms with Gasteiger partial charge in [0, 0.05) is 17.5 Å². The molecule has 0 aliphatic rings. The van der Waals surface area contributed by atoms with E-state index < -0.39 is 0 Å². The van der Waals surface area contributed by atoms with Gasteiger partial charge >= 0.3 is 0 Å². The van der Waals surface area contributed by atoms with Crippen LogP contribution < -0.4 is 5.73 Å². The average Bonchev–Trinajstić information content (AvgIpc) is 2.10. The zero-order valence-electron chi connectivity index (χ0n) is 7.58. The van der Waals surface area contributed by atoms with Crippen LogP contribution in [0.4, 0.5) is 0 Å². The molecule has 1 rings (SSSR count). The number of rotatable bonds is 3. The van der Waals surface area contributed by atoms with Gasteiger partial charge in [-0.15, -0.1) is 0 Å². The SMILES string of the molecule is Cc1c(O)cccc1C(=O)CCN. The summed E-state index contributed by atoms with van der Waals surface area (Å²) in [6.07, 6.45) is 0.324. The molecule has 0 aliphatic heterocycles. The van der Waals surface area contributed by atoms with E-state index in [1.54, 1.807) is 25.1 Å². The summed E-state index contributed by atoms with van der Waals surface area (Å²) in [6.45, 7) is 2.06. The Hall–Kier alpha value is -1.35. The molecule has 0 aliphatic carbocycles. The van der Waals surface area contributed by atoms with E-state index in [4.69, 9.17) is 5.73 Å². The predicted octanol–water partition coefficient (Wildman–Crippen LogP) is 1.23. The van der Waals surface area contributed by atoms with Crippen molar-refractivity contribution in [2.24, 2.45) is 5.73 Å². The maximum absolute atomic E-state index is 11.4. The zero-order chi connectivity index (χ0) is 9.84. The Bertz CT molecular complexity index is 321. The van der Waals surface area contributed by atoms with Crippen molar-refractivity contribution >= 4 is 5.78 Å². The number of nitrogens with two attached hydrogens (primary N) is 1. The number of carbonyl (C=O) groups is 1. The first-order valence-corrected chi connectivity index (χ1v) is 4.18. The van der Waals surface area contributed by atoms with E-state index in [2.05, 4.69) is 0 Å². The second kappa shape index (κ2) is 4.05. The van der Waals surface area contributed by atoms with Crippen LogP contribution in [0.25, 0.3) is 0 Å². The van der Waals surface area contributed by atoms with E-state index in [0.717, 1.165) is 0 Å². The number of hydrogen-bond donors (Lipinski definition) is 2. The molecule has 0 radical (unpaired) electrons. The zero-order valence-corrected chi connectivity index (χ0v) is 7.58. The van der Waals surface area contributed by atoms with Crippen molar-refractivity contribution in [1.29, 1.82) is 0 Å². The Morgan fingerprint density at radius 3 is 2.85 bits per heavy atom. The van der Waals surface area contributed by atoms with Crippen LogP contribution in [0.5, 0.6) is 5.75 Å². The van der Waals surface area contributed by atoms with Gasteiger partial charge in [0.05, 0.1) is 0 Å². The van der Waals surface area contributed by atoms with Gasteiger partial charge in [0.2, 0.25) is 0 Å². The molecule has 0 atom stereocenters. The molecule has 1 aromatic rings. The fourth-order valence-corrected chi connectivity index (χ4v) is 1.19. The first kappa shape index (κ1) is 9.74. The summed E-state index contributed by atoms with van der Waals surface area (Å²) in [7, 11) is 0. The number of Topliss-reactive ketones (excluding diaryl/α,β-unsaturated/α-hetero) is 1. The van der Waals surface area contributed by atoms with E-state index >= 15 is 0 Å². The van der Waals surface area contributed by atoms with E-state index in [1.165, 1.54) is 0 Å². The lowest BCUT2D eigenvalue weighted by atomic mass is 10.0. The van der Waals surface area contributed by atoms with E-state index in [9.17, 15) is 9.90 Å². The molecule has 0 fully saturated rings. The Morgan fingerprint density at radius 2 is 2.23 bits per heavy atom. The van der Waals surface area contributed by atoms with Crippen LogP contribution in [0, 0.1) is 6.92 Å². The second-order valence-corrected chi connectivity index (χ2v) is 2.91. The Balaban J connectivity index is 3.01. The number of hydrogen-bond acceptors (Lipinski definition) is 3. The molecule has 3 nitrogen and oxygen atoms in total. The number of benzene rings is 1. The predicted molar refractivity (Wildman–Crippen MR) is 50.8 cm³/mol. The Morgan fingerprint density at radius 1 is 1.54 bits per heavy atom. The fourth-order valence-electron chi connectivity index (χ4n) is 1.19. The van der Waals surface area contributed by atoms with Crippen molar-refractivity contribution in [2.45, 2.75) is 13.3 Å². The van der Waals surface area contributed by atoms with Gasteiger partial charge in [0.15, 0.2) is 5.78 Å². The van der Waals surface area contributed by atoms with Crippen LogP contribution in [-0.2, 0) is 0 Å². The maximum Gasteiger partial charge on any atom is 0.164 e. The number of carbonyl (C=O) groups excluding carboxylic acids is 1. The van der Waals surface area contributed by atoms with Gasteiger partial charge in [-0.05, 0) is 19.5 Å². The van der Waals surface area contributed by atoms with Crippen LogP contribution >= 0.6 is 0 Å². The highest BCUT2D eigenvalue weighted by molar-refractivity contribution is 5.98. The molecule has 0 aromatic heterocycles. The minimum atomic E-state index is -0.0177. The molecule has 1 aromatic carbocycles. The number of ketones is 1. The van der Waals surface area contributed by atoms with Gasteiger partial charge in [0.25, 0.3) is 0 Å². The maximum atomic E-state index is 11.4. The molecule has 0 unspecified atom stereocenters. The van der Waals surface area contributed by atoms with Gasteiger partial charge in [-0.3, -0.25) is 4.79 Å². The molecular weight excluding hydrogens is 166 g/mol. The number of aromatic hydroxyl groups is 1. The fraction of sp³-hybridized carbons (Fsp3) is 0.300. The molecule has 0 heterocycles. The summed E-state index contributed by atoms with van der Waals surface area (Å²) in [4.78, 5) is 11.4. The van der Waals surface area contributed by atoms with E-state index in [0.29, 0.717) is 24.1 Å². The van der Waals surface area contributed by atoms with Crippen molar-refractivity contribution in [3.05, 3.63) is 29.3 Å². The lowest BCUT2D eigenvalue weighted by Gasteiger charge is -2.04. The molecule has 3 N–H and O–H groups in total.